The highest BCUT2D eigenvalue weighted by atomic mass is 35.5. The van der Waals surface area contributed by atoms with Crippen molar-refractivity contribution in [1.82, 2.24) is 30.2 Å². The van der Waals surface area contributed by atoms with Gasteiger partial charge in [-0.3, -0.25) is 9.89 Å². The van der Waals surface area contributed by atoms with Crippen LogP contribution < -0.4 is 5.73 Å². The van der Waals surface area contributed by atoms with Crippen molar-refractivity contribution >= 4 is 17.5 Å². The third-order valence-corrected chi connectivity index (χ3v) is 3.59. The Morgan fingerprint density at radius 1 is 1.32 bits per heavy atom. The summed E-state index contributed by atoms with van der Waals surface area (Å²) in [5.41, 5.74) is 3.11. The molecule has 130 valence electrons. The highest BCUT2D eigenvalue weighted by molar-refractivity contribution is 6.32. The average molecular weight is 372 g/mol. The van der Waals surface area contributed by atoms with E-state index in [1.165, 1.54) is 25.4 Å². The van der Waals surface area contributed by atoms with Crippen molar-refractivity contribution in [3.8, 4) is 17.1 Å². The molecule has 0 bridgehead atoms. The van der Waals surface area contributed by atoms with Gasteiger partial charge in [-0.25, -0.2) is 4.98 Å². The minimum absolute atomic E-state index is 0.0591. The molecule has 3 rings (SSSR count). The number of rotatable bonds is 3. The van der Waals surface area contributed by atoms with Gasteiger partial charge in [-0.2, -0.15) is 28.5 Å². The molecule has 0 aliphatic carbocycles. The maximum Gasteiger partial charge on any atom is 0.433 e. The van der Waals surface area contributed by atoms with Crippen molar-refractivity contribution in [2.45, 2.75) is 13.1 Å². The number of amides is 1. The number of hydrogen-bond acceptors (Lipinski definition) is 5. The predicted molar refractivity (Wildman–Crippen MR) is 80.0 cm³/mol. The van der Waals surface area contributed by atoms with Gasteiger partial charge >= 0.3 is 6.18 Å². The van der Waals surface area contributed by atoms with Gasteiger partial charge in [-0.1, -0.05) is 11.6 Å². The number of primary amides is 1. The summed E-state index contributed by atoms with van der Waals surface area (Å²) in [5, 5.41) is 13.2. The number of aromatic amines is 1. The molecule has 3 aromatic rings. The molecular formula is C13H9ClF3N7O. The maximum absolute atomic E-state index is 13.0. The Labute approximate surface area is 142 Å². The van der Waals surface area contributed by atoms with E-state index in [-0.39, 0.29) is 27.8 Å². The molecule has 3 N–H and O–H groups in total. The first-order chi connectivity index (χ1) is 11.7. The lowest BCUT2D eigenvalue weighted by molar-refractivity contribution is -0.141. The van der Waals surface area contributed by atoms with Crippen molar-refractivity contribution in [3.63, 3.8) is 0 Å². The number of aromatic nitrogens is 6. The summed E-state index contributed by atoms with van der Waals surface area (Å²) in [6.45, 7) is 1.52. The molecule has 0 aromatic carbocycles. The van der Waals surface area contributed by atoms with Crippen LogP contribution >= 0.6 is 11.6 Å². The first kappa shape index (κ1) is 16.9. The fraction of sp³-hybridized carbons (Fsp3) is 0.154. The lowest BCUT2D eigenvalue weighted by Crippen LogP contribution is -2.18. The third-order valence-electron chi connectivity index (χ3n) is 3.31. The Balaban J connectivity index is 2.20. The number of nitrogens with two attached hydrogens (primary N) is 1. The smallest absolute Gasteiger partial charge is 0.365 e. The summed E-state index contributed by atoms with van der Waals surface area (Å²) < 4.78 is 39.1. The van der Waals surface area contributed by atoms with Gasteiger partial charge in [-0.15, -0.1) is 4.80 Å². The number of nitrogens with zero attached hydrogens (tertiary/aromatic N) is 5. The molecule has 3 aromatic heterocycles. The number of H-pyrrole nitrogens is 1. The summed E-state index contributed by atoms with van der Waals surface area (Å²) >= 11 is 6.13. The van der Waals surface area contributed by atoms with E-state index in [4.69, 9.17) is 17.3 Å². The second-order valence-corrected chi connectivity index (χ2v) is 5.34. The van der Waals surface area contributed by atoms with Gasteiger partial charge in [0.25, 0.3) is 5.91 Å². The number of pyridine rings is 1. The van der Waals surface area contributed by atoms with Crippen LogP contribution in [0.3, 0.4) is 0 Å². The normalized spacial score (nSPS) is 11.7. The predicted octanol–water partition coefficient (Wildman–Crippen LogP) is 2.13. The van der Waals surface area contributed by atoms with Gasteiger partial charge in [0.1, 0.15) is 5.69 Å². The molecule has 0 saturated carbocycles. The second kappa shape index (κ2) is 5.84. The zero-order valence-corrected chi connectivity index (χ0v) is 13.2. The molecule has 0 saturated heterocycles. The molecule has 0 atom stereocenters. The van der Waals surface area contributed by atoms with Gasteiger partial charge in [0.05, 0.1) is 23.0 Å². The Bertz CT molecular complexity index is 949. The lowest BCUT2D eigenvalue weighted by atomic mass is 10.0. The summed E-state index contributed by atoms with van der Waals surface area (Å²) in [6, 6.07) is 1.32. The van der Waals surface area contributed by atoms with Gasteiger partial charge in [0.15, 0.2) is 11.5 Å². The SMILES string of the molecule is Cc1nc(-n2nccn2)c(Cl)cc1-c1n[nH]c(C(F)(F)F)c1C(N)=O. The molecule has 12 heteroatoms. The molecule has 0 aliphatic heterocycles. The van der Waals surface area contributed by atoms with E-state index >= 15 is 0 Å². The van der Waals surface area contributed by atoms with Crippen molar-refractivity contribution in [2.75, 3.05) is 0 Å². The lowest BCUT2D eigenvalue weighted by Gasteiger charge is -2.09. The fourth-order valence-corrected chi connectivity index (χ4v) is 2.48. The molecule has 1 amide bonds. The largest absolute Gasteiger partial charge is 0.433 e. The first-order valence-electron chi connectivity index (χ1n) is 6.69. The number of nitrogens with one attached hydrogen (secondary N) is 1. The van der Waals surface area contributed by atoms with Crippen LogP contribution in [0.5, 0.6) is 0 Å². The summed E-state index contributed by atoms with van der Waals surface area (Å²) in [7, 11) is 0. The van der Waals surface area contributed by atoms with E-state index in [0.717, 1.165) is 4.80 Å². The molecule has 8 nitrogen and oxygen atoms in total. The quantitative estimate of drug-likeness (QED) is 0.731. The molecule has 0 fully saturated rings. The van der Waals surface area contributed by atoms with Crippen LogP contribution in [0.4, 0.5) is 13.2 Å². The monoisotopic (exact) mass is 371 g/mol. The highest BCUT2D eigenvalue weighted by Gasteiger charge is 2.39. The number of halogens is 4. The van der Waals surface area contributed by atoms with Crippen LogP contribution in [0.25, 0.3) is 17.1 Å². The molecule has 0 spiro atoms. The van der Waals surface area contributed by atoms with Crippen molar-refractivity contribution in [1.29, 1.82) is 0 Å². The van der Waals surface area contributed by atoms with Crippen molar-refractivity contribution < 1.29 is 18.0 Å². The average Bonchev–Trinajstić information content (AvgIpc) is 3.16. The third kappa shape index (κ3) is 2.93. The topological polar surface area (TPSA) is 115 Å². The number of alkyl halides is 3. The van der Waals surface area contributed by atoms with E-state index in [9.17, 15) is 18.0 Å². The number of aryl methyl sites for hydroxylation is 1. The van der Waals surface area contributed by atoms with E-state index in [0.29, 0.717) is 0 Å². The highest BCUT2D eigenvalue weighted by Crippen LogP contribution is 2.36. The minimum Gasteiger partial charge on any atom is -0.365 e. The van der Waals surface area contributed by atoms with Crippen LogP contribution in [0, 0.1) is 6.92 Å². The fourth-order valence-electron chi connectivity index (χ4n) is 2.26. The molecule has 0 unspecified atom stereocenters. The van der Waals surface area contributed by atoms with Crippen LogP contribution in [-0.4, -0.2) is 36.1 Å². The maximum atomic E-state index is 13.0. The molecule has 25 heavy (non-hydrogen) atoms. The summed E-state index contributed by atoms with van der Waals surface area (Å²) in [5.74, 6) is -1.09. The minimum atomic E-state index is -4.82. The summed E-state index contributed by atoms with van der Waals surface area (Å²) in [4.78, 5) is 16.9. The van der Waals surface area contributed by atoms with E-state index in [2.05, 4.69) is 20.3 Å². The van der Waals surface area contributed by atoms with Crippen LogP contribution in [-0.2, 0) is 6.18 Å². The Morgan fingerprint density at radius 2 is 1.96 bits per heavy atom. The van der Waals surface area contributed by atoms with E-state index < -0.39 is 23.3 Å². The van der Waals surface area contributed by atoms with Crippen LogP contribution in [0.1, 0.15) is 21.7 Å². The van der Waals surface area contributed by atoms with Gasteiger partial charge in [-0.05, 0) is 13.0 Å². The first-order valence-corrected chi connectivity index (χ1v) is 7.07. The Kier molecular flexibility index (Phi) is 3.95. The van der Waals surface area contributed by atoms with E-state index in [1.807, 2.05) is 0 Å². The zero-order chi connectivity index (χ0) is 18.4. The van der Waals surface area contributed by atoms with Gasteiger partial charge < -0.3 is 5.73 Å². The van der Waals surface area contributed by atoms with Crippen LogP contribution in [0.2, 0.25) is 5.02 Å². The summed E-state index contributed by atoms with van der Waals surface area (Å²) in [6.07, 6.45) is -1.99. The van der Waals surface area contributed by atoms with Crippen molar-refractivity contribution in [2.24, 2.45) is 5.73 Å². The number of carbonyl (C=O) groups excluding carboxylic acids is 1. The molecule has 0 aliphatic rings. The van der Waals surface area contributed by atoms with Crippen LogP contribution in [0.15, 0.2) is 18.5 Å². The zero-order valence-electron chi connectivity index (χ0n) is 12.5. The Morgan fingerprint density at radius 3 is 2.52 bits per heavy atom. The molecular weight excluding hydrogens is 363 g/mol. The second-order valence-electron chi connectivity index (χ2n) is 4.93. The van der Waals surface area contributed by atoms with Gasteiger partial charge in [0, 0.05) is 11.3 Å². The molecule has 3 heterocycles. The molecule has 0 radical (unpaired) electrons. The number of carbonyl (C=O) groups is 1. The number of hydrogen-bond donors (Lipinski definition) is 2. The Hall–Kier alpha value is -2.95. The van der Waals surface area contributed by atoms with E-state index in [1.54, 1.807) is 5.10 Å². The standard InChI is InChI=1S/C13H9ClF3N7O/c1-5-6(4-7(14)12(21-5)24-19-2-3-20-24)9-8(11(18)25)10(23-22-9)13(15,16)17/h2-4H,1H3,(H2,18,25)(H,22,23). The van der Waals surface area contributed by atoms with Crippen molar-refractivity contribution in [3.05, 3.63) is 40.4 Å². The van der Waals surface area contributed by atoms with Gasteiger partial charge in [0.2, 0.25) is 0 Å².